The molecule has 0 radical (unpaired) electrons. The van der Waals surface area contributed by atoms with Crippen LogP contribution in [0.2, 0.25) is 0 Å². The van der Waals surface area contributed by atoms with Crippen LogP contribution in [-0.2, 0) is 10.0 Å². The van der Waals surface area contributed by atoms with Crippen molar-refractivity contribution >= 4 is 16.0 Å². The van der Waals surface area contributed by atoms with Crippen molar-refractivity contribution < 1.29 is 8.42 Å². The average Bonchev–Trinajstić information content (AvgIpc) is 2.20. The Bertz CT molecular complexity index is 325. The number of guanidine groups is 1. The van der Waals surface area contributed by atoms with Crippen LogP contribution in [0.4, 0.5) is 0 Å². The van der Waals surface area contributed by atoms with E-state index in [1.807, 2.05) is 0 Å². The molecule has 0 spiro atoms. The third kappa shape index (κ3) is 11.4. The van der Waals surface area contributed by atoms with Crippen LogP contribution in [0.1, 0.15) is 20.3 Å². The summed E-state index contributed by atoms with van der Waals surface area (Å²) in [6.07, 6.45) is 1.87. The van der Waals surface area contributed by atoms with Crippen molar-refractivity contribution in [2.45, 2.75) is 20.3 Å². The summed E-state index contributed by atoms with van der Waals surface area (Å²) < 4.78 is 24.0. The van der Waals surface area contributed by atoms with Gasteiger partial charge in [-0.05, 0) is 12.3 Å². The first-order valence-electron chi connectivity index (χ1n) is 5.74. The summed E-state index contributed by atoms with van der Waals surface area (Å²) in [7, 11) is -1.36. The Hall–Kier alpha value is -0.820. The van der Waals surface area contributed by atoms with Crippen LogP contribution in [0.15, 0.2) is 4.99 Å². The number of hydrogen-bond acceptors (Lipinski definition) is 3. The van der Waals surface area contributed by atoms with Gasteiger partial charge in [-0.3, -0.25) is 4.99 Å². The normalized spacial score (nSPS) is 12.9. The summed E-state index contributed by atoms with van der Waals surface area (Å²) in [5.74, 6) is 1.30. The summed E-state index contributed by atoms with van der Waals surface area (Å²) in [5, 5.41) is 6.29. The lowest BCUT2D eigenvalue weighted by atomic mass is 10.2. The number of nitrogens with zero attached hydrogens (tertiary/aromatic N) is 1. The minimum absolute atomic E-state index is 0.438. The monoisotopic (exact) mass is 264 g/mol. The van der Waals surface area contributed by atoms with Crippen molar-refractivity contribution in [2.24, 2.45) is 10.9 Å². The summed E-state index contributed by atoms with van der Waals surface area (Å²) >= 11 is 0. The average molecular weight is 264 g/mol. The highest BCUT2D eigenvalue weighted by Crippen LogP contribution is 1.86. The maximum absolute atomic E-state index is 10.8. The third-order valence-corrected chi connectivity index (χ3v) is 2.64. The van der Waals surface area contributed by atoms with E-state index in [1.165, 1.54) is 0 Å². The van der Waals surface area contributed by atoms with Gasteiger partial charge in [-0.15, -0.1) is 0 Å². The fourth-order valence-corrected chi connectivity index (χ4v) is 1.59. The zero-order valence-electron chi connectivity index (χ0n) is 11.1. The van der Waals surface area contributed by atoms with Crippen molar-refractivity contribution in [2.75, 3.05) is 32.9 Å². The van der Waals surface area contributed by atoms with Gasteiger partial charge in [-0.2, -0.15) is 0 Å². The van der Waals surface area contributed by atoms with E-state index < -0.39 is 10.0 Å². The summed E-state index contributed by atoms with van der Waals surface area (Å²) in [6.45, 7) is 6.22. The minimum Gasteiger partial charge on any atom is -0.356 e. The molecule has 0 saturated heterocycles. The molecular formula is C10H24N4O2S. The molecule has 0 aliphatic rings. The predicted octanol–water partition coefficient (Wildman–Crippen LogP) is -0.253. The molecule has 6 nitrogen and oxygen atoms in total. The number of aliphatic imine (C=N–C) groups is 1. The van der Waals surface area contributed by atoms with E-state index in [-0.39, 0.29) is 0 Å². The Morgan fingerprint density at radius 3 is 2.35 bits per heavy atom. The molecule has 0 unspecified atom stereocenters. The molecule has 0 amide bonds. The maximum atomic E-state index is 10.8. The van der Waals surface area contributed by atoms with Gasteiger partial charge >= 0.3 is 0 Å². The maximum Gasteiger partial charge on any atom is 0.208 e. The van der Waals surface area contributed by atoms with Gasteiger partial charge < -0.3 is 10.6 Å². The second-order valence-electron chi connectivity index (χ2n) is 4.29. The SMILES string of the molecule is CN=C(NCCCNS(C)(=O)=O)NCC(C)C. The fourth-order valence-electron chi connectivity index (χ4n) is 1.07. The second kappa shape index (κ2) is 8.30. The lowest BCUT2D eigenvalue weighted by Crippen LogP contribution is -2.40. The van der Waals surface area contributed by atoms with Crippen molar-refractivity contribution in [1.29, 1.82) is 0 Å². The Kier molecular flexibility index (Phi) is 7.90. The van der Waals surface area contributed by atoms with E-state index in [4.69, 9.17) is 0 Å². The molecule has 0 fully saturated rings. The Labute approximate surface area is 104 Å². The van der Waals surface area contributed by atoms with Crippen LogP contribution in [0.25, 0.3) is 0 Å². The van der Waals surface area contributed by atoms with Gasteiger partial charge in [0.25, 0.3) is 0 Å². The molecule has 0 aromatic rings. The van der Waals surface area contributed by atoms with E-state index in [0.717, 1.165) is 25.2 Å². The first-order valence-corrected chi connectivity index (χ1v) is 7.63. The Morgan fingerprint density at radius 2 is 1.88 bits per heavy atom. The zero-order valence-corrected chi connectivity index (χ0v) is 11.9. The lowest BCUT2D eigenvalue weighted by molar-refractivity contribution is 0.583. The molecule has 0 heterocycles. The topological polar surface area (TPSA) is 82.6 Å². The van der Waals surface area contributed by atoms with E-state index in [9.17, 15) is 8.42 Å². The molecule has 0 bridgehead atoms. The summed E-state index contributed by atoms with van der Waals surface area (Å²) in [4.78, 5) is 4.06. The minimum atomic E-state index is -3.08. The Morgan fingerprint density at radius 1 is 1.24 bits per heavy atom. The highest BCUT2D eigenvalue weighted by molar-refractivity contribution is 7.88. The molecular weight excluding hydrogens is 240 g/mol. The van der Waals surface area contributed by atoms with Crippen LogP contribution in [-0.4, -0.2) is 47.3 Å². The molecule has 0 atom stereocenters. The fraction of sp³-hybridized carbons (Fsp3) is 0.900. The second-order valence-corrected chi connectivity index (χ2v) is 6.13. The number of nitrogens with one attached hydrogen (secondary N) is 3. The molecule has 102 valence electrons. The molecule has 3 N–H and O–H groups in total. The van der Waals surface area contributed by atoms with Crippen molar-refractivity contribution in [1.82, 2.24) is 15.4 Å². The van der Waals surface area contributed by atoms with Crippen LogP contribution >= 0.6 is 0 Å². The number of sulfonamides is 1. The molecule has 17 heavy (non-hydrogen) atoms. The highest BCUT2D eigenvalue weighted by atomic mass is 32.2. The van der Waals surface area contributed by atoms with Crippen LogP contribution in [0, 0.1) is 5.92 Å². The first-order chi connectivity index (χ1) is 7.85. The van der Waals surface area contributed by atoms with E-state index in [0.29, 0.717) is 19.0 Å². The first kappa shape index (κ1) is 16.2. The van der Waals surface area contributed by atoms with Gasteiger partial charge in [-0.25, -0.2) is 13.1 Å². The summed E-state index contributed by atoms with van der Waals surface area (Å²) in [6, 6.07) is 0. The van der Waals surface area contributed by atoms with Crippen molar-refractivity contribution in [3.05, 3.63) is 0 Å². The van der Waals surface area contributed by atoms with Gasteiger partial charge in [0.05, 0.1) is 6.26 Å². The smallest absolute Gasteiger partial charge is 0.208 e. The molecule has 0 rings (SSSR count). The standard InChI is InChI=1S/C10H24N4O2S/c1-9(2)8-13-10(11-3)12-6-5-7-14-17(4,15)16/h9,14H,5-8H2,1-4H3,(H2,11,12,13). The quantitative estimate of drug-likeness (QED) is 0.336. The molecule has 0 saturated carbocycles. The molecule has 7 heteroatoms. The van der Waals surface area contributed by atoms with Crippen LogP contribution in [0.5, 0.6) is 0 Å². The van der Waals surface area contributed by atoms with E-state index >= 15 is 0 Å². The zero-order chi connectivity index (χ0) is 13.3. The molecule has 0 aromatic heterocycles. The Balaban J connectivity index is 3.65. The van der Waals surface area contributed by atoms with Gasteiger partial charge in [0, 0.05) is 26.7 Å². The van der Waals surface area contributed by atoms with Gasteiger partial charge in [-0.1, -0.05) is 13.8 Å². The molecule has 0 aromatic carbocycles. The van der Waals surface area contributed by atoms with Crippen LogP contribution < -0.4 is 15.4 Å². The van der Waals surface area contributed by atoms with E-state index in [1.54, 1.807) is 7.05 Å². The van der Waals surface area contributed by atoms with Crippen LogP contribution in [0.3, 0.4) is 0 Å². The molecule has 0 aliphatic carbocycles. The molecule has 0 aliphatic heterocycles. The van der Waals surface area contributed by atoms with Gasteiger partial charge in [0.1, 0.15) is 0 Å². The van der Waals surface area contributed by atoms with Gasteiger partial charge in [0.2, 0.25) is 10.0 Å². The number of rotatable bonds is 7. The third-order valence-electron chi connectivity index (χ3n) is 1.91. The van der Waals surface area contributed by atoms with Crippen molar-refractivity contribution in [3.8, 4) is 0 Å². The largest absolute Gasteiger partial charge is 0.356 e. The highest BCUT2D eigenvalue weighted by Gasteiger charge is 2.00. The lowest BCUT2D eigenvalue weighted by Gasteiger charge is -2.13. The van der Waals surface area contributed by atoms with Crippen molar-refractivity contribution in [3.63, 3.8) is 0 Å². The van der Waals surface area contributed by atoms with E-state index in [2.05, 4.69) is 34.2 Å². The summed E-state index contributed by atoms with van der Waals surface area (Å²) in [5.41, 5.74) is 0. The van der Waals surface area contributed by atoms with Gasteiger partial charge in [0.15, 0.2) is 5.96 Å². The predicted molar refractivity (Wildman–Crippen MR) is 71.7 cm³/mol. The number of hydrogen-bond donors (Lipinski definition) is 3.